The summed E-state index contributed by atoms with van der Waals surface area (Å²) in [5.74, 6) is -1.18. The lowest BCUT2D eigenvalue weighted by Crippen LogP contribution is -2.06. The van der Waals surface area contributed by atoms with E-state index in [0.29, 0.717) is 34.5 Å². The van der Waals surface area contributed by atoms with Crippen LogP contribution in [0.2, 0.25) is 0 Å². The zero-order valence-corrected chi connectivity index (χ0v) is 19.7. The van der Waals surface area contributed by atoms with Gasteiger partial charge < -0.3 is 14.2 Å². The number of aromatic nitrogens is 3. The van der Waals surface area contributed by atoms with Gasteiger partial charge in [-0.3, -0.25) is 9.78 Å². The molecule has 0 saturated heterocycles. The summed E-state index contributed by atoms with van der Waals surface area (Å²) in [5, 5.41) is 9.21. The third-order valence-corrected chi connectivity index (χ3v) is 7.32. The number of carbonyl (C=O) groups is 1. The highest BCUT2D eigenvalue weighted by molar-refractivity contribution is 5.80. The lowest BCUT2D eigenvalue weighted by molar-refractivity contribution is -0.139. The van der Waals surface area contributed by atoms with Crippen LogP contribution in [0.4, 0.5) is 13.2 Å². The third kappa shape index (κ3) is 4.14. The quantitative estimate of drug-likeness (QED) is 0.345. The summed E-state index contributed by atoms with van der Waals surface area (Å²) in [6, 6.07) is 11.5. The van der Waals surface area contributed by atoms with Gasteiger partial charge >= 0.3 is 12.6 Å². The second-order valence-corrected chi connectivity index (χ2v) is 9.50. The van der Waals surface area contributed by atoms with Gasteiger partial charge in [-0.2, -0.15) is 8.78 Å². The summed E-state index contributed by atoms with van der Waals surface area (Å²) in [5.41, 5.74) is 5.05. The second kappa shape index (κ2) is 8.76. The van der Waals surface area contributed by atoms with E-state index < -0.39 is 18.4 Å². The molecular formula is C28H22F3N3O3. The molecule has 0 unspecified atom stereocenters. The minimum atomic E-state index is -2.94. The first-order valence-electron chi connectivity index (χ1n) is 11.9. The van der Waals surface area contributed by atoms with Crippen LogP contribution in [0.15, 0.2) is 60.9 Å². The molecule has 0 bridgehead atoms. The van der Waals surface area contributed by atoms with Crippen molar-refractivity contribution in [1.82, 2.24) is 14.4 Å². The predicted octanol–water partition coefficient (Wildman–Crippen LogP) is 5.77. The third-order valence-electron chi connectivity index (χ3n) is 7.32. The number of aryl methyl sites for hydroxylation is 1. The molecule has 3 heterocycles. The van der Waals surface area contributed by atoms with Crippen molar-refractivity contribution in [3.8, 4) is 16.9 Å². The number of fused-ring (bicyclic) bond motifs is 2. The van der Waals surface area contributed by atoms with Crippen molar-refractivity contribution in [2.24, 2.45) is 17.8 Å². The maximum absolute atomic E-state index is 15.1. The van der Waals surface area contributed by atoms with Gasteiger partial charge in [0.15, 0.2) is 0 Å². The Bertz CT molecular complexity index is 1560. The van der Waals surface area contributed by atoms with Gasteiger partial charge in [0.1, 0.15) is 17.2 Å². The van der Waals surface area contributed by atoms with Crippen molar-refractivity contribution in [3.05, 3.63) is 89.4 Å². The molecule has 1 aromatic carbocycles. The van der Waals surface area contributed by atoms with Crippen LogP contribution in [0.25, 0.3) is 22.3 Å². The minimum Gasteiger partial charge on any atom is -0.481 e. The first-order chi connectivity index (χ1) is 17.8. The largest absolute Gasteiger partial charge is 0.481 e. The molecule has 6 nitrogen and oxygen atoms in total. The predicted molar refractivity (Wildman–Crippen MR) is 130 cm³/mol. The van der Waals surface area contributed by atoms with E-state index in [2.05, 4.69) is 14.7 Å². The molecule has 9 heteroatoms. The summed E-state index contributed by atoms with van der Waals surface area (Å²) >= 11 is 0. The number of halogens is 3. The van der Waals surface area contributed by atoms with Crippen LogP contribution in [0, 0.1) is 30.5 Å². The molecule has 6 rings (SSSR count). The van der Waals surface area contributed by atoms with Gasteiger partial charge in [0.25, 0.3) is 0 Å². The minimum absolute atomic E-state index is 0.0768. The number of carboxylic acid groups (broad SMARTS) is 1. The topological polar surface area (TPSA) is 76.7 Å². The molecular weight excluding hydrogens is 483 g/mol. The van der Waals surface area contributed by atoms with E-state index in [9.17, 15) is 18.7 Å². The lowest BCUT2D eigenvalue weighted by atomic mass is 10.0. The first kappa shape index (κ1) is 23.3. The molecule has 0 radical (unpaired) electrons. The number of para-hydroxylation sites is 1. The molecule has 0 spiro atoms. The Morgan fingerprint density at radius 2 is 2.05 bits per heavy atom. The van der Waals surface area contributed by atoms with Crippen molar-refractivity contribution in [2.45, 2.75) is 26.4 Å². The normalized spacial score (nSPS) is 20.2. The number of rotatable bonds is 7. The number of alkyl halides is 2. The average molecular weight is 505 g/mol. The lowest BCUT2D eigenvalue weighted by Gasteiger charge is -2.12. The van der Waals surface area contributed by atoms with Crippen molar-refractivity contribution in [1.29, 1.82) is 0 Å². The Morgan fingerprint density at radius 3 is 2.73 bits per heavy atom. The smallest absolute Gasteiger partial charge is 0.387 e. The molecule has 188 valence electrons. The Hall–Kier alpha value is -4.14. The maximum Gasteiger partial charge on any atom is 0.387 e. The van der Waals surface area contributed by atoms with Crippen molar-refractivity contribution < 1.29 is 27.8 Å². The molecule has 1 saturated carbocycles. The van der Waals surface area contributed by atoms with E-state index in [1.54, 1.807) is 48.0 Å². The van der Waals surface area contributed by atoms with Gasteiger partial charge in [-0.1, -0.05) is 30.3 Å². The molecule has 0 amide bonds. The Kier molecular flexibility index (Phi) is 5.51. The fourth-order valence-corrected chi connectivity index (χ4v) is 5.42. The molecule has 3 atom stereocenters. The average Bonchev–Trinajstić information content (AvgIpc) is 3.22. The van der Waals surface area contributed by atoms with Gasteiger partial charge in [-0.25, -0.2) is 9.37 Å². The van der Waals surface area contributed by atoms with E-state index in [1.165, 1.54) is 12.1 Å². The summed E-state index contributed by atoms with van der Waals surface area (Å²) in [6.07, 6.45) is 6.20. The summed E-state index contributed by atoms with van der Waals surface area (Å²) in [6.45, 7) is -1.15. The van der Waals surface area contributed by atoms with Gasteiger partial charge in [-0.05, 0) is 42.9 Å². The number of imidazole rings is 1. The number of hydrogen-bond donors (Lipinski definition) is 1. The summed E-state index contributed by atoms with van der Waals surface area (Å²) < 4.78 is 47.3. The van der Waals surface area contributed by atoms with Crippen LogP contribution in [0.5, 0.6) is 5.75 Å². The van der Waals surface area contributed by atoms with Crippen molar-refractivity contribution >= 4 is 17.2 Å². The second-order valence-electron chi connectivity index (χ2n) is 9.50. The number of carboxylic acids is 1. The van der Waals surface area contributed by atoms with E-state index >= 15 is 4.39 Å². The van der Waals surface area contributed by atoms with E-state index in [-0.39, 0.29) is 29.9 Å². The van der Waals surface area contributed by atoms with Crippen LogP contribution in [-0.2, 0) is 11.2 Å². The first-order valence-corrected chi connectivity index (χ1v) is 11.9. The number of benzene rings is 1. The molecule has 3 aromatic heterocycles. The highest BCUT2D eigenvalue weighted by Gasteiger charge is 2.56. The SMILES string of the molecule is Cc1nc2cc(F)c(-c3ccc(C4=C[C@@H]5[C@H](C4)[C@H]5C(=O)O)nc3)cn2c1Cc1ccccc1OC(F)F. The number of nitrogens with zero attached hydrogens (tertiary/aromatic N) is 3. The van der Waals surface area contributed by atoms with Crippen LogP contribution in [0.1, 0.15) is 29.1 Å². The number of pyridine rings is 2. The molecule has 4 aromatic rings. The number of allylic oxidation sites excluding steroid dienone is 2. The summed E-state index contributed by atoms with van der Waals surface area (Å²) in [4.78, 5) is 20.2. The molecule has 1 fully saturated rings. The molecule has 37 heavy (non-hydrogen) atoms. The standard InChI is InChI=1S/C28H22F3N3O3/c1-14-23(10-15-4-2-3-5-24(15)37-28(30)31)34-13-20(21(29)11-25(34)33-14)16-6-7-22(32-12-16)17-8-18-19(9-17)26(18)27(35)36/h2-8,11-13,18-19,26,28H,9-10H2,1H3,(H,35,36)/t18-,19+,26+/m1/s1. The van der Waals surface area contributed by atoms with Crippen LogP contribution >= 0.6 is 0 Å². The van der Waals surface area contributed by atoms with Gasteiger partial charge in [-0.15, -0.1) is 0 Å². The van der Waals surface area contributed by atoms with Gasteiger partial charge in [0.05, 0.1) is 17.3 Å². The fourth-order valence-electron chi connectivity index (χ4n) is 5.42. The van der Waals surface area contributed by atoms with E-state index in [1.807, 2.05) is 12.1 Å². The van der Waals surface area contributed by atoms with Crippen LogP contribution < -0.4 is 4.74 Å². The number of ether oxygens (including phenoxy) is 1. The van der Waals surface area contributed by atoms with Crippen molar-refractivity contribution in [2.75, 3.05) is 0 Å². The van der Waals surface area contributed by atoms with E-state index in [4.69, 9.17) is 0 Å². The Morgan fingerprint density at radius 1 is 1.24 bits per heavy atom. The zero-order valence-electron chi connectivity index (χ0n) is 19.7. The van der Waals surface area contributed by atoms with Gasteiger partial charge in [0, 0.05) is 47.3 Å². The fraction of sp³-hybridized carbons (Fsp3) is 0.250. The molecule has 0 aliphatic heterocycles. The molecule has 1 N–H and O–H groups in total. The maximum atomic E-state index is 15.1. The Labute approximate surface area is 210 Å². The van der Waals surface area contributed by atoms with E-state index in [0.717, 1.165) is 17.0 Å². The Balaban J connectivity index is 1.31. The molecule has 2 aliphatic carbocycles. The van der Waals surface area contributed by atoms with Crippen LogP contribution in [0.3, 0.4) is 0 Å². The van der Waals surface area contributed by atoms with Crippen LogP contribution in [-0.4, -0.2) is 32.1 Å². The number of aliphatic carboxylic acids is 1. The van der Waals surface area contributed by atoms with Crippen molar-refractivity contribution in [3.63, 3.8) is 0 Å². The molecule has 2 aliphatic rings. The highest BCUT2D eigenvalue weighted by atomic mass is 19.3. The zero-order chi connectivity index (χ0) is 25.8. The highest BCUT2D eigenvalue weighted by Crippen LogP contribution is 2.57. The van der Waals surface area contributed by atoms with Gasteiger partial charge in [0.2, 0.25) is 0 Å². The number of hydrogen-bond acceptors (Lipinski definition) is 4. The monoisotopic (exact) mass is 505 g/mol. The summed E-state index contributed by atoms with van der Waals surface area (Å²) in [7, 11) is 0.